The number of fused-ring (bicyclic) bond motifs is 1. The summed E-state index contributed by atoms with van der Waals surface area (Å²) in [6.45, 7) is 4.93. The minimum absolute atomic E-state index is 0.0647. The quantitative estimate of drug-likeness (QED) is 0.859. The van der Waals surface area contributed by atoms with Crippen LogP contribution in [0.2, 0.25) is 0 Å². The zero-order valence-corrected chi connectivity index (χ0v) is 15.1. The third kappa shape index (κ3) is 3.82. The molecule has 2 aromatic carbocycles. The van der Waals surface area contributed by atoms with E-state index in [1.807, 2.05) is 32.0 Å². The third-order valence-electron chi connectivity index (χ3n) is 3.60. The summed E-state index contributed by atoms with van der Waals surface area (Å²) in [6, 6.07) is 9.38. The Hall–Kier alpha value is -2.21. The number of rotatable bonds is 4. The van der Waals surface area contributed by atoms with Crippen LogP contribution in [0.25, 0.3) is 0 Å². The molecule has 0 saturated heterocycles. The van der Waals surface area contributed by atoms with Crippen LogP contribution >= 0.6 is 15.9 Å². The number of hydrogen-bond acceptors (Lipinski definition) is 4. The number of ether oxygens (including phenoxy) is 3. The predicted molar refractivity (Wildman–Crippen MR) is 95.2 cm³/mol. The third-order valence-corrected chi connectivity index (χ3v) is 4.25. The van der Waals surface area contributed by atoms with Crippen molar-refractivity contribution in [3.63, 3.8) is 0 Å². The van der Waals surface area contributed by atoms with Crippen LogP contribution in [-0.4, -0.2) is 25.7 Å². The Morgan fingerprint density at radius 3 is 2.58 bits per heavy atom. The van der Waals surface area contributed by atoms with Gasteiger partial charge in [0.05, 0.1) is 5.69 Å². The second kappa shape index (κ2) is 7.13. The summed E-state index contributed by atoms with van der Waals surface area (Å²) in [7, 11) is 0. The summed E-state index contributed by atoms with van der Waals surface area (Å²) in [6.07, 6.45) is 0. The molecule has 0 aromatic heterocycles. The van der Waals surface area contributed by atoms with E-state index in [9.17, 15) is 4.79 Å². The molecule has 6 heteroatoms. The highest BCUT2D eigenvalue weighted by Crippen LogP contribution is 2.38. The molecule has 0 radical (unpaired) electrons. The topological polar surface area (TPSA) is 56.8 Å². The summed E-state index contributed by atoms with van der Waals surface area (Å²) >= 11 is 3.43. The Morgan fingerprint density at radius 2 is 1.88 bits per heavy atom. The van der Waals surface area contributed by atoms with Crippen LogP contribution in [0.1, 0.15) is 11.1 Å². The Bertz CT molecular complexity index is 776. The zero-order valence-electron chi connectivity index (χ0n) is 13.5. The van der Waals surface area contributed by atoms with Crippen LogP contribution in [0.4, 0.5) is 5.69 Å². The Morgan fingerprint density at radius 1 is 1.17 bits per heavy atom. The van der Waals surface area contributed by atoms with E-state index < -0.39 is 0 Å². The van der Waals surface area contributed by atoms with Crippen LogP contribution in [0.3, 0.4) is 0 Å². The van der Waals surface area contributed by atoms with E-state index in [0.29, 0.717) is 36.1 Å². The van der Waals surface area contributed by atoms with Gasteiger partial charge in [0.15, 0.2) is 18.1 Å². The predicted octanol–water partition coefficient (Wildman–Crippen LogP) is 3.85. The molecular weight excluding hydrogens is 374 g/mol. The Balaban J connectivity index is 1.64. The molecule has 24 heavy (non-hydrogen) atoms. The van der Waals surface area contributed by atoms with Gasteiger partial charge in [-0.1, -0.05) is 17.7 Å². The molecule has 0 bridgehead atoms. The van der Waals surface area contributed by atoms with Crippen LogP contribution in [0.5, 0.6) is 17.2 Å². The number of amides is 1. The number of carbonyl (C=O) groups excluding carboxylic acids is 1. The maximum Gasteiger partial charge on any atom is 0.262 e. The average molecular weight is 392 g/mol. The monoisotopic (exact) mass is 391 g/mol. The van der Waals surface area contributed by atoms with E-state index in [4.69, 9.17) is 14.2 Å². The van der Waals surface area contributed by atoms with Gasteiger partial charge in [-0.2, -0.15) is 0 Å². The molecule has 126 valence electrons. The smallest absolute Gasteiger partial charge is 0.262 e. The van der Waals surface area contributed by atoms with Gasteiger partial charge in [-0.05, 0) is 41.4 Å². The lowest BCUT2D eigenvalue weighted by molar-refractivity contribution is -0.118. The van der Waals surface area contributed by atoms with Gasteiger partial charge < -0.3 is 19.5 Å². The van der Waals surface area contributed by atoms with E-state index >= 15 is 0 Å². The fraction of sp³-hybridized carbons (Fsp3) is 0.278. The zero-order chi connectivity index (χ0) is 17.1. The number of aryl methyl sites for hydroxylation is 2. The normalized spacial score (nSPS) is 12.6. The van der Waals surface area contributed by atoms with Crippen molar-refractivity contribution >= 4 is 27.5 Å². The molecular formula is C18H18BrNO4. The number of anilines is 1. The summed E-state index contributed by atoms with van der Waals surface area (Å²) in [5.41, 5.74) is 2.78. The van der Waals surface area contributed by atoms with Gasteiger partial charge in [0.2, 0.25) is 0 Å². The van der Waals surface area contributed by atoms with E-state index in [1.165, 1.54) is 0 Å². The summed E-state index contributed by atoms with van der Waals surface area (Å²) in [5.74, 6) is 1.75. The molecule has 0 unspecified atom stereocenters. The highest BCUT2D eigenvalue weighted by molar-refractivity contribution is 9.10. The lowest BCUT2D eigenvalue weighted by Crippen LogP contribution is -2.21. The molecule has 1 aliphatic rings. The van der Waals surface area contributed by atoms with Crippen molar-refractivity contribution in [1.82, 2.24) is 0 Å². The Labute approximate surface area is 149 Å². The molecule has 1 heterocycles. The number of benzene rings is 2. The SMILES string of the molecule is Cc1ccc(OCC(=O)Nc2cc3c(cc2Br)OCCO3)c(C)c1. The Kier molecular flexibility index (Phi) is 4.94. The molecule has 0 fully saturated rings. The van der Waals surface area contributed by atoms with E-state index in [0.717, 1.165) is 15.6 Å². The van der Waals surface area contributed by atoms with Crippen LogP contribution < -0.4 is 19.5 Å². The molecule has 3 rings (SSSR count). The van der Waals surface area contributed by atoms with Gasteiger partial charge in [-0.15, -0.1) is 0 Å². The van der Waals surface area contributed by atoms with Crippen LogP contribution in [0, 0.1) is 13.8 Å². The highest BCUT2D eigenvalue weighted by atomic mass is 79.9. The van der Waals surface area contributed by atoms with E-state index in [2.05, 4.69) is 21.2 Å². The standard InChI is InChI=1S/C18H18BrNO4/c1-11-3-4-15(12(2)7-11)24-10-18(21)20-14-9-17-16(8-13(14)19)22-5-6-23-17/h3-4,7-9H,5-6,10H2,1-2H3,(H,20,21). The van der Waals surface area contributed by atoms with Crippen molar-refractivity contribution in [1.29, 1.82) is 0 Å². The molecule has 0 saturated carbocycles. The fourth-order valence-corrected chi connectivity index (χ4v) is 2.87. The largest absolute Gasteiger partial charge is 0.486 e. The van der Waals surface area contributed by atoms with Crippen LogP contribution in [0.15, 0.2) is 34.8 Å². The van der Waals surface area contributed by atoms with Gasteiger partial charge in [-0.25, -0.2) is 0 Å². The molecule has 2 aromatic rings. The average Bonchev–Trinajstić information content (AvgIpc) is 2.55. The maximum atomic E-state index is 12.2. The molecule has 1 aliphatic heterocycles. The maximum absolute atomic E-state index is 12.2. The van der Waals surface area contributed by atoms with Crippen LogP contribution in [-0.2, 0) is 4.79 Å². The van der Waals surface area contributed by atoms with E-state index in [-0.39, 0.29) is 12.5 Å². The second-order valence-corrected chi connectivity index (χ2v) is 6.44. The number of nitrogens with one attached hydrogen (secondary N) is 1. The number of halogens is 1. The first-order chi connectivity index (χ1) is 11.5. The van der Waals surface area contributed by atoms with Gasteiger partial charge >= 0.3 is 0 Å². The lowest BCUT2D eigenvalue weighted by Gasteiger charge is -2.20. The summed E-state index contributed by atoms with van der Waals surface area (Å²) in [4.78, 5) is 12.2. The van der Waals surface area contributed by atoms with Crippen molar-refractivity contribution in [2.75, 3.05) is 25.1 Å². The molecule has 1 N–H and O–H groups in total. The first-order valence-corrected chi connectivity index (χ1v) is 8.41. The molecule has 1 amide bonds. The lowest BCUT2D eigenvalue weighted by atomic mass is 10.1. The second-order valence-electron chi connectivity index (χ2n) is 5.58. The fourth-order valence-electron chi connectivity index (χ4n) is 2.45. The molecule has 0 atom stereocenters. The van der Waals surface area contributed by atoms with Gasteiger partial charge in [-0.3, -0.25) is 4.79 Å². The van der Waals surface area contributed by atoms with Crippen molar-refractivity contribution in [2.45, 2.75) is 13.8 Å². The van der Waals surface area contributed by atoms with Gasteiger partial charge in [0.1, 0.15) is 19.0 Å². The first kappa shape index (κ1) is 16.6. The minimum atomic E-state index is -0.243. The number of carbonyl (C=O) groups is 1. The highest BCUT2D eigenvalue weighted by Gasteiger charge is 2.16. The van der Waals surface area contributed by atoms with Crippen molar-refractivity contribution < 1.29 is 19.0 Å². The van der Waals surface area contributed by atoms with Crippen molar-refractivity contribution in [3.8, 4) is 17.2 Å². The number of hydrogen-bond donors (Lipinski definition) is 1. The van der Waals surface area contributed by atoms with Gasteiger partial charge in [0.25, 0.3) is 5.91 Å². The van der Waals surface area contributed by atoms with E-state index in [1.54, 1.807) is 12.1 Å². The van der Waals surface area contributed by atoms with Crippen molar-refractivity contribution in [2.24, 2.45) is 0 Å². The minimum Gasteiger partial charge on any atom is -0.486 e. The summed E-state index contributed by atoms with van der Waals surface area (Å²) < 4.78 is 17.4. The molecule has 0 aliphatic carbocycles. The van der Waals surface area contributed by atoms with Gasteiger partial charge in [0, 0.05) is 16.6 Å². The first-order valence-electron chi connectivity index (χ1n) is 7.62. The summed E-state index contributed by atoms with van der Waals surface area (Å²) in [5, 5.41) is 2.82. The van der Waals surface area contributed by atoms with Crippen molar-refractivity contribution in [3.05, 3.63) is 45.9 Å². The molecule has 0 spiro atoms. The molecule has 5 nitrogen and oxygen atoms in total.